The van der Waals surface area contributed by atoms with Crippen molar-refractivity contribution in [1.29, 1.82) is 0 Å². The number of hydrogen-bond donors (Lipinski definition) is 4. The summed E-state index contributed by atoms with van der Waals surface area (Å²) in [6.45, 7) is 1.58. The minimum atomic E-state index is -1.31. The third-order valence-electron chi connectivity index (χ3n) is 4.48. The van der Waals surface area contributed by atoms with Crippen LogP contribution in [0.15, 0.2) is 29.7 Å². The van der Waals surface area contributed by atoms with Crippen LogP contribution in [0.2, 0.25) is 0 Å². The minimum absolute atomic E-state index is 0.0221. The van der Waals surface area contributed by atoms with Crippen LogP contribution in [0.4, 0.5) is 5.95 Å². The second kappa shape index (κ2) is 6.84. The van der Waals surface area contributed by atoms with Crippen molar-refractivity contribution in [1.82, 2.24) is 14.9 Å². The minimum Gasteiger partial charge on any atom is -0.476 e. The first-order valence-corrected chi connectivity index (χ1v) is 9.48. The van der Waals surface area contributed by atoms with Crippen molar-refractivity contribution >= 4 is 46.6 Å². The van der Waals surface area contributed by atoms with E-state index < -0.39 is 29.3 Å². The van der Waals surface area contributed by atoms with Crippen molar-refractivity contribution in [3.8, 4) is 0 Å². The predicted molar refractivity (Wildman–Crippen MR) is 101 cm³/mol. The molecule has 10 nitrogen and oxygen atoms in total. The van der Waals surface area contributed by atoms with Gasteiger partial charge < -0.3 is 25.9 Å². The summed E-state index contributed by atoms with van der Waals surface area (Å²) in [4.78, 5) is 44.1. The molecule has 1 unspecified atom stereocenters. The number of esters is 1. The molecule has 0 aliphatic carbocycles. The summed E-state index contributed by atoms with van der Waals surface area (Å²) in [5, 5.41) is 12.1. The number of aromatic nitrogens is 2. The van der Waals surface area contributed by atoms with Crippen LogP contribution in [-0.4, -0.2) is 55.0 Å². The molecule has 1 fully saturated rings. The maximum atomic E-state index is 12.6. The summed E-state index contributed by atoms with van der Waals surface area (Å²) in [6.07, 6.45) is 0. The van der Waals surface area contributed by atoms with E-state index in [1.165, 1.54) is 18.7 Å². The molecule has 146 valence electrons. The number of aromatic amines is 1. The van der Waals surface area contributed by atoms with Gasteiger partial charge in [0.1, 0.15) is 17.2 Å². The van der Waals surface area contributed by atoms with Crippen LogP contribution < -0.4 is 11.1 Å². The molecule has 0 bridgehead atoms. The Labute approximate surface area is 163 Å². The van der Waals surface area contributed by atoms with Crippen LogP contribution in [0, 0.1) is 0 Å². The van der Waals surface area contributed by atoms with Crippen molar-refractivity contribution in [3.63, 3.8) is 0 Å². The first-order valence-electron chi connectivity index (χ1n) is 8.44. The van der Waals surface area contributed by atoms with E-state index in [4.69, 9.17) is 10.5 Å². The van der Waals surface area contributed by atoms with Gasteiger partial charge in [-0.1, -0.05) is 6.07 Å². The Morgan fingerprint density at radius 1 is 1.50 bits per heavy atom. The molecule has 2 atom stereocenters. The summed E-state index contributed by atoms with van der Waals surface area (Å²) in [5.74, 6) is -1.81. The summed E-state index contributed by atoms with van der Waals surface area (Å²) in [7, 11) is 0. The molecule has 1 saturated heterocycles. The summed E-state index contributed by atoms with van der Waals surface area (Å²) in [5.41, 5.74) is 7.80. The molecular weight excluding hydrogens is 386 g/mol. The van der Waals surface area contributed by atoms with E-state index >= 15 is 0 Å². The van der Waals surface area contributed by atoms with Gasteiger partial charge in [0.2, 0.25) is 5.95 Å². The largest absolute Gasteiger partial charge is 0.476 e. The number of carbonyl (C=O) groups is 3. The number of aliphatic carboxylic acids is 1. The highest BCUT2D eigenvalue weighted by molar-refractivity contribution is 8.00. The first kappa shape index (κ1) is 18.3. The third kappa shape index (κ3) is 2.98. The number of imidazole rings is 1. The average molecular weight is 403 g/mol. The molecule has 0 radical (unpaired) electrons. The number of β-lactam (4-membered cyclic amide) rings is 1. The van der Waals surface area contributed by atoms with E-state index in [-0.39, 0.29) is 17.2 Å². The Kier molecular flexibility index (Phi) is 4.47. The highest BCUT2D eigenvalue weighted by Crippen LogP contribution is 2.41. The number of carbonyl (C=O) groups excluding carboxylic acids is 2. The van der Waals surface area contributed by atoms with E-state index in [1.54, 1.807) is 0 Å². The van der Waals surface area contributed by atoms with Crippen molar-refractivity contribution < 1.29 is 24.2 Å². The first-order chi connectivity index (χ1) is 13.4. The van der Waals surface area contributed by atoms with Crippen LogP contribution in [0.1, 0.15) is 12.5 Å². The number of nitrogens with zero attached hydrogens (tertiary/aromatic N) is 2. The zero-order chi connectivity index (χ0) is 20.0. The molecular formula is C17H17N5O5S. The van der Waals surface area contributed by atoms with Crippen LogP contribution >= 0.6 is 11.8 Å². The summed E-state index contributed by atoms with van der Waals surface area (Å²) in [6, 6.07) is 4.96. The molecule has 1 aromatic heterocycles. The number of hydrogen-bond acceptors (Lipinski definition) is 8. The molecule has 2 aliphatic rings. The van der Waals surface area contributed by atoms with Crippen LogP contribution in [-0.2, 0) is 25.7 Å². The predicted octanol–water partition coefficient (Wildman–Crippen LogP) is 0.577. The van der Waals surface area contributed by atoms with Crippen molar-refractivity contribution in [2.45, 2.75) is 24.9 Å². The number of carboxylic acid groups (broad SMARTS) is 1. The molecule has 5 N–H and O–H groups in total. The summed E-state index contributed by atoms with van der Waals surface area (Å²) >= 11 is 1.31. The van der Waals surface area contributed by atoms with Crippen LogP contribution in [0.5, 0.6) is 0 Å². The number of H-pyrrole nitrogens is 1. The van der Waals surface area contributed by atoms with Gasteiger partial charge in [-0.25, -0.2) is 9.78 Å². The number of rotatable bonds is 5. The van der Waals surface area contributed by atoms with Gasteiger partial charge >= 0.3 is 11.9 Å². The number of anilines is 1. The lowest BCUT2D eigenvalue weighted by molar-refractivity contribution is -0.148. The van der Waals surface area contributed by atoms with Crippen LogP contribution in [0.3, 0.4) is 0 Å². The number of fused-ring (bicyclic) bond motifs is 2. The quantitative estimate of drug-likeness (QED) is 0.415. The monoisotopic (exact) mass is 403 g/mol. The fraction of sp³-hybridized carbons (Fsp3) is 0.294. The van der Waals surface area contributed by atoms with Gasteiger partial charge in [-0.05, 0) is 17.7 Å². The zero-order valence-electron chi connectivity index (χ0n) is 14.8. The van der Waals surface area contributed by atoms with E-state index in [1.807, 2.05) is 18.2 Å². The Morgan fingerprint density at radius 3 is 2.96 bits per heavy atom. The average Bonchev–Trinajstić information content (AvgIpc) is 3.06. The van der Waals surface area contributed by atoms with Crippen molar-refractivity contribution in [3.05, 3.63) is 35.2 Å². The fourth-order valence-corrected chi connectivity index (χ4v) is 4.49. The number of amides is 1. The Morgan fingerprint density at radius 2 is 2.29 bits per heavy atom. The fourth-order valence-electron chi connectivity index (χ4n) is 3.24. The Hall–Kier alpha value is -3.05. The lowest BCUT2D eigenvalue weighted by atomic mass is 10.1. The van der Waals surface area contributed by atoms with Crippen molar-refractivity contribution in [2.75, 3.05) is 11.1 Å². The molecule has 0 spiro atoms. The van der Waals surface area contributed by atoms with Gasteiger partial charge in [0.15, 0.2) is 5.70 Å². The third-order valence-corrected chi connectivity index (χ3v) is 5.73. The zero-order valence-corrected chi connectivity index (χ0v) is 15.6. The van der Waals surface area contributed by atoms with Gasteiger partial charge in [-0.2, -0.15) is 0 Å². The molecule has 1 aromatic carbocycles. The molecule has 0 saturated carbocycles. The molecule has 28 heavy (non-hydrogen) atoms. The van der Waals surface area contributed by atoms with Gasteiger partial charge in [-0.15, -0.1) is 11.8 Å². The maximum Gasteiger partial charge on any atom is 0.356 e. The van der Waals surface area contributed by atoms with E-state index in [0.717, 1.165) is 16.0 Å². The SMILES string of the molecule is CC(=O)OC1=C(C(=O)O)N2C(=O)C(Nc3nc4cc(CN)ccc4[nH]3)[C@H]2SC1. The lowest BCUT2D eigenvalue weighted by Crippen LogP contribution is -2.67. The highest BCUT2D eigenvalue weighted by atomic mass is 32.2. The number of nitrogens with two attached hydrogens (primary N) is 1. The van der Waals surface area contributed by atoms with E-state index in [9.17, 15) is 19.5 Å². The standard InChI is InChI=1S/C17H17N5O5S/c1-7(23)27-11-6-28-15-12(14(24)22(15)13(11)16(25)26)21-17-19-9-3-2-8(5-18)4-10(9)20-17/h2-4,12,15H,5-6,18H2,1H3,(H,25,26)(H2,19,20,21)/t12?,15-/m1/s1. The summed E-state index contributed by atoms with van der Waals surface area (Å²) < 4.78 is 4.98. The number of benzene rings is 1. The normalized spacial score (nSPS) is 21.4. The molecule has 1 amide bonds. The topological polar surface area (TPSA) is 151 Å². The Balaban J connectivity index is 1.56. The van der Waals surface area contributed by atoms with E-state index in [0.29, 0.717) is 18.0 Å². The highest BCUT2D eigenvalue weighted by Gasteiger charge is 2.54. The number of thioether (sulfide) groups is 1. The van der Waals surface area contributed by atoms with Gasteiger partial charge in [-0.3, -0.25) is 14.5 Å². The van der Waals surface area contributed by atoms with E-state index in [2.05, 4.69) is 15.3 Å². The van der Waals surface area contributed by atoms with Crippen molar-refractivity contribution in [2.24, 2.45) is 5.73 Å². The molecule has 11 heteroatoms. The molecule has 2 aromatic rings. The molecule has 3 heterocycles. The smallest absolute Gasteiger partial charge is 0.356 e. The van der Waals surface area contributed by atoms with Crippen LogP contribution in [0.25, 0.3) is 11.0 Å². The number of ether oxygens (including phenoxy) is 1. The van der Waals surface area contributed by atoms with Gasteiger partial charge in [0, 0.05) is 13.5 Å². The molecule has 2 aliphatic heterocycles. The number of nitrogens with one attached hydrogen (secondary N) is 2. The second-order valence-corrected chi connectivity index (χ2v) is 7.45. The second-order valence-electron chi connectivity index (χ2n) is 6.34. The Bertz CT molecular complexity index is 1030. The van der Waals surface area contributed by atoms with Gasteiger partial charge in [0.05, 0.1) is 16.8 Å². The molecule has 4 rings (SSSR count). The lowest BCUT2D eigenvalue weighted by Gasteiger charge is -2.48. The maximum absolute atomic E-state index is 12.6. The number of carboxylic acids is 1. The van der Waals surface area contributed by atoms with Gasteiger partial charge in [0.25, 0.3) is 5.91 Å².